The molecule has 0 bridgehead atoms. The van der Waals surface area contributed by atoms with Gasteiger partial charge in [0.25, 0.3) is 0 Å². The van der Waals surface area contributed by atoms with Crippen LogP contribution in [0.15, 0.2) is 113 Å². The molecule has 0 aliphatic carbocycles. The lowest BCUT2D eigenvalue weighted by Crippen LogP contribution is -2.11. The SMILES string of the molecule is CC(C)c1ccc2c(c1)Cc1ccccc1S2=O.O=C(c1ccccc1)C(O)c1ccccc1. The van der Waals surface area contributed by atoms with Crippen molar-refractivity contribution in [2.24, 2.45) is 0 Å². The van der Waals surface area contributed by atoms with Gasteiger partial charge < -0.3 is 5.11 Å². The first-order chi connectivity index (χ1) is 16.5. The number of fused-ring (bicyclic) bond motifs is 2. The van der Waals surface area contributed by atoms with E-state index < -0.39 is 16.9 Å². The number of rotatable bonds is 4. The summed E-state index contributed by atoms with van der Waals surface area (Å²) in [7, 11) is -1.01. The van der Waals surface area contributed by atoms with Gasteiger partial charge in [0.05, 0.1) is 10.8 Å². The maximum atomic E-state index is 12.5. The fraction of sp³-hybridized carbons (Fsp3) is 0.167. The maximum absolute atomic E-state index is 12.5. The number of ketones is 1. The second-order valence-electron chi connectivity index (χ2n) is 8.62. The summed E-state index contributed by atoms with van der Waals surface area (Å²) in [5, 5.41) is 9.89. The number of Topliss-reactive ketones (excluding diaryl/α,β-unsaturated/α-hetero) is 1. The van der Waals surface area contributed by atoms with Gasteiger partial charge in [-0.25, -0.2) is 4.21 Å². The average Bonchev–Trinajstić information content (AvgIpc) is 2.89. The van der Waals surface area contributed by atoms with E-state index in [0.29, 0.717) is 17.0 Å². The molecule has 1 N–H and O–H groups in total. The predicted molar refractivity (Wildman–Crippen MR) is 137 cm³/mol. The fourth-order valence-corrected chi connectivity index (χ4v) is 5.36. The summed E-state index contributed by atoms with van der Waals surface area (Å²) in [4.78, 5) is 13.9. The number of carbonyl (C=O) groups excluding carboxylic acids is 1. The topological polar surface area (TPSA) is 54.4 Å². The first-order valence-corrected chi connectivity index (χ1v) is 12.6. The minimum absolute atomic E-state index is 0.271. The van der Waals surface area contributed by atoms with Crippen LogP contribution in [0.1, 0.15) is 58.5 Å². The van der Waals surface area contributed by atoms with E-state index in [1.54, 1.807) is 48.5 Å². The Morgan fingerprint density at radius 2 is 1.32 bits per heavy atom. The van der Waals surface area contributed by atoms with Gasteiger partial charge in [-0.15, -0.1) is 0 Å². The summed E-state index contributed by atoms with van der Waals surface area (Å²) in [6.45, 7) is 4.38. The van der Waals surface area contributed by atoms with Gasteiger partial charge in [-0.3, -0.25) is 4.79 Å². The molecule has 4 aromatic rings. The summed E-state index contributed by atoms with van der Waals surface area (Å²) in [5.74, 6) is 0.243. The van der Waals surface area contributed by atoms with E-state index in [-0.39, 0.29) is 5.78 Å². The van der Waals surface area contributed by atoms with Gasteiger partial charge in [-0.1, -0.05) is 105 Å². The van der Waals surface area contributed by atoms with Crippen LogP contribution in [0.25, 0.3) is 0 Å². The molecule has 1 heterocycles. The molecule has 0 saturated carbocycles. The van der Waals surface area contributed by atoms with Crippen molar-refractivity contribution in [1.29, 1.82) is 0 Å². The van der Waals surface area contributed by atoms with Gasteiger partial charge in [-0.05, 0) is 46.7 Å². The molecule has 172 valence electrons. The summed E-state index contributed by atoms with van der Waals surface area (Å²) in [6.07, 6.45) is -0.179. The first kappa shape index (κ1) is 23.8. The zero-order chi connectivity index (χ0) is 24.1. The lowest BCUT2D eigenvalue weighted by Gasteiger charge is -2.20. The van der Waals surface area contributed by atoms with Crippen LogP contribution in [-0.4, -0.2) is 15.1 Å². The second-order valence-corrected chi connectivity index (χ2v) is 10.0. The lowest BCUT2D eigenvalue weighted by molar-refractivity contribution is 0.0747. The van der Waals surface area contributed by atoms with E-state index in [4.69, 9.17) is 0 Å². The van der Waals surface area contributed by atoms with Crippen molar-refractivity contribution in [3.05, 3.63) is 131 Å². The molecule has 0 fully saturated rings. The summed E-state index contributed by atoms with van der Waals surface area (Å²) >= 11 is 0. The van der Waals surface area contributed by atoms with Gasteiger partial charge in [0.1, 0.15) is 6.10 Å². The zero-order valence-corrected chi connectivity index (χ0v) is 20.2. The van der Waals surface area contributed by atoms with E-state index in [9.17, 15) is 14.1 Å². The second kappa shape index (κ2) is 10.7. The lowest BCUT2D eigenvalue weighted by atomic mass is 9.97. The Kier molecular flexibility index (Phi) is 7.51. The Labute approximate surface area is 203 Å². The Morgan fingerprint density at radius 3 is 2.00 bits per heavy atom. The van der Waals surface area contributed by atoms with Crippen LogP contribution in [0.5, 0.6) is 0 Å². The Morgan fingerprint density at radius 1 is 0.735 bits per heavy atom. The monoisotopic (exact) mass is 468 g/mol. The quantitative estimate of drug-likeness (QED) is 0.307. The molecule has 1 aliphatic heterocycles. The van der Waals surface area contributed by atoms with Gasteiger partial charge >= 0.3 is 0 Å². The van der Waals surface area contributed by atoms with Gasteiger partial charge in [-0.2, -0.15) is 0 Å². The highest BCUT2D eigenvalue weighted by Gasteiger charge is 2.22. The van der Waals surface area contributed by atoms with Crippen LogP contribution >= 0.6 is 0 Å². The van der Waals surface area contributed by atoms with E-state index >= 15 is 0 Å². The van der Waals surface area contributed by atoms with E-state index in [2.05, 4.69) is 32.0 Å². The van der Waals surface area contributed by atoms with E-state index in [0.717, 1.165) is 16.2 Å². The average molecular weight is 469 g/mol. The molecule has 1 aliphatic rings. The van der Waals surface area contributed by atoms with Crippen molar-refractivity contribution in [2.75, 3.05) is 0 Å². The highest BCUT2D eigenvalue weighted by atomic mass is 32.2. The highest BCUT2D eigenvalue weighted by molar-refractivity contribution is 7.85. The summed E-state index contributed by atoms with van der Waals surface area (Å²) < 4.78 is 12.5. The number of hydrogen-bond acceptors (Lipinski definition) is 3. The third-order valence-electron chi connectivity index (χ3n) is 5.93. The van der Waals surface area contributed by atoms with Gasteiger partial charge in [0.2, 0.25) is 0 Å². The Bertz CT molecular complexity index is 1300. The minimum atomic E-state index is -1.08. The molecule has 0 spiro atoms. The summed E-state index contributed by atoms with van der Waals surface area (Å²) in [6, 6.07) is 32.2. The molecule has 34 heavy (non-hydrogen) atoms. The molecule has 2 atom stereocenters. The Hall–Kier alpha value is -3.34. The van der Waals surface area contributed by atoms with E-state index in [1.807, 2.05) is 36.4 Å². The smallest absolute Gasteiger partial charge is 0.195 e. The standard InChI is InChI=1S/C16H16OS.C14H12O2/c1-11(2)12-7-8-16-14(9-12)10-13-5-3-4-6-15(13)18(16)17;15-13(11-7-3-1-4-8-11)14(16)12-9-5-2-6-10-12/h3-9,11H,10H2,1-2H3;1-10,13,15H. The molecule has 2 unspecified atom stereocenters. The molecule has 0 radical (unpaired) electrons. The first-order valence-electron chi connectivity index (χ1n) is 11.4. The number of carbonyl (C=O) groups is 1. The van der Waals surface area contributed by atoms with Crippen LogP contribution in [-0.2, 0) is 17.2 Å². The van der Waals surface area contributed by atoms with Crippen LogP contribution in [0.2, 0.25) is 0 Å². The van der Waals surface area contributed by atoms with Crippen LogP contribution in [0.3, 0.4) is 0 Å². The maximum Gasteiger partial charge on any atom is 0.195 e. The molecule has 3 nitrogen and oxygen atoms in total. The van der Waals surface area contributed by atoms with Gasteiger partial charge in [0, 0.05) is 15.4 Å². The van der Waals surface area contributed by atoms with Crippen molar-refractivity contribution in [3.8, 4) is 0 Å². The zero-order valence-electron chi connectivity index (χ0n) is 19.3. The molecule has 4 aromatic carbocycles. The molecular formula is C30H28O3S. The van der Waals surface area contributed by atoms with Crippen LogP contribution < -0.4 is 0 Å². The molecule has 4 heteroatoms. The van der Waals surface area contributed by atoms with Crippen molar-refractivity contribution in [1.82, 2.24) is 0 Å². The largest absolute Gasteiger partial charge is 0.380 e. The summed E-state index contributed by atoms with van der Waals surface area (Å²) in [5.41, 5.74) is 4.89. The van der Waals surface area contributed by atoms with Gasteiger partial charge in [0.15, 0.2) is 5.78 Å². The number of benzene rings is 4. The number of hydrogen-bond donors (Lipinski definition) is 1. The minimum Gasteiger partial charge on any atom is -0.380 e. The molecular weight excluding hydrogens is 440 g/mol. The van der Waals surface area contributed by atoms with Crippen molar-refractivity contribution in [2.45, 2.75) is 42.1 Å². The number of aliphatic hydroxyl groups excluding tert-OH is 1. The molecule has 0 aromatic heterocycles. The predicted octanol–water partition coefficient (Wildman–Crippen LogP) is 6.48. The molecule has 5 rings (SSSR count). The normalized spacial score (nSPS) is 14.9. The van der Waals surface area contributed by atoms with E-state index in [1.165, 1.54) is 16.7 Å². The Balaban J connectivity index is 0.000000162. The van der Waals surface area contributed by atoms with Crippen molar-refractivity contribution >= 4 is 16.6 Å². The number of aliphatic hydroxyl groups is 1. The third kappa shape index (κ3) is 5.24. The fourth-order valence-electron chi connectivity index (χ4n) is 3.98. The third-order valence-corrected chi connectivity index (χ3v) is 7.52. The van der Waals surface area contributed by atoms with Crippen molar-refractivity contribution < 1.29 is 14.1 Å². The molecule has 0 amide bonds. The van der Waals surface area contributed by atoms with Crippen LogP contribution in [0.4, 0.5) is 0 Å². The van der Waals surface area contributed by atoms with Crippen molar-refractivity contribution in [3.63, 3.8) is 0 Å². The molecule has 0 saturated heterocycles. The highest BCUT2D eigenvalue weighted by Crippen LogP contribution is 2.33. The van der Waals surface area contributed by atoms with Crippen LogP contribution in [0, 0.1) is 0 Å².